The number of benzene rings is 1. The summed E-state index contributed by atoms with van der Waals surface area (Å²) < 4.78 is 10.6. The van der Waals surface area contributed by atoms with Gasteiger partial charge in [0.05, 0.1) is 14.2 Å². The number of anilines is 1. The van der Waals surface area contributed by atoms with E-state index < -0.39 is 0 Å². The highest BCUT2D eigenvalue weighted by Crippen LogP contribution is 2.30. The van der Waals surface area contributed by atoms with Gasteiger partial charge in [0.25, 0.3) is 0 Å². The van der Waals surface area contributed by atoms with Gasteiger partial charge in [-0.2, -0.15) is 5.10 Å². The molecule has 0 saturated carbocycles. The first kappa shape index (κ1) is 20.0. The topological polar surface area (TPSA) is 92.3 Å². The van der Waals surface area contributed by atoms with Gasteiger partial charge in [0.1, 0.15) is 0 Å². The highest BCUT2D eigenvalue weighted by atomic mass is 16.5. The van der Waals surface area contributed by atoms with E-state index in [1.54, 1.807) is 14.2 Å². The van der Waals surface area contributed by atoms with E-state index in [0.29, 0.717) is 43.7 Å². The van der Waals surface area contributed by atoms with E-state index in [1.165, 1.54) is 0 Å². The molecule has 0 radical (unpaired) electrons. The van der Waals surface area contributed by atoms with Gasteiger partial charge in [0.2, 0.25) is 11.8 Å². The molecule has 0 spiro atoms. The van der Waals surface area contributed by atoms with E-state index in [4.69, 9.17) is 9.47 Å². The lowest BCUT2D eigenvalue weighted by atomic mass is 10.0. The highest BCUT2D eigenvalue weighted by Gasteiger charge is 2.24. The van der Waals surface area contributed by atoms with E-state index >= 15 is 0 Å². The minimum Gasteiger partial charge on any atom is -0.493 e. The summed E-state index contributed by atoms with van der Waals surface area (Å²) in [5.74, 6) is 1.44. The first-order valence-electron chi connectivity index (χ1n) is 9.69. The number of nitrogens with zero attached hydrogens (tertiary/aromatic N) is 2. The van der Waals surface area contributed by atoms with Gasteiger partial charge in [-0.15, -0.1) is 0 Å². The minimum absolute atomic E-state index is 0.0600. The first-order valence-corrected chi connectivity index (χ1v) is 9.69. The Morgan fingerprint density at radius 2 is 2.11 bits per heavy atom. The first-order chi connectivity index (χ1) is 13.6. The van der Waals surface area contributed by atoms with Crippen LogP contribution in [0.25, 0.3) is 0 Å². The van der Waals surface area contributed by atoms with Gasteiger partial charge in [-0.05, 0) is 37.8 Å². The Morgan fingerprint density at radius 3 is 2.82 bits per heavy atom. The van der Waals surface area contributed by atoms with Gasteiger partial charge < -0.3 is 19.7 Å². The number of ether oxygens (including phenoxy) is 2. The van der Waals surface area contributed by atoms with Crippen LogP contribution in [0, 0.1) is 0 Å². The van der Waals surface area contributed by atoms with Crippen molar-refractivity contribution in [3.63, 3.8) is 0 Å². The van der Waals surface area contributed by atoms with Crippen molar-refractivity contribution in [1.29, 1.82) is 0 Å². The largest absolute Gasteiger partial charge is 0.493 e. The van der Waals surface area contributed by atoms with Gasteiger partial charge in [-0.25, -0.2) is 5.43 Å². The van der Waals surface area contributed by atoms with Crippen LogP contribution in [0.3, 0.4) is 0 Å². The lowest BCUT2D eigenvalue weighted by Gasteiger charge is -2.34. The van der Waals surface area contributed by atoms with Gasteiger partial charge in [-0.1, -0.05) is 0 Å². The van der Waals surface area contributed by atoms with E-state index in [-0.39, 0.29) is 17.9 Å². The van der Waals surface area contributed by atoms with Crippen LogP contribution in [0.5, 0.6) is 11.5 Å². The normalized spacial score (nSPS) is 19.5. The molecule has 0 bridgehead atoms. The van der Waals surface area contributed by atoms with Gasteiger partial charge in [-0.3, -0.25) is 9.59 Å². The van der Waals surface area contributed by atoms with Crippen LogP contribution < -0.4 is 20.2 Å². The van der Waals surface area contributed by atoms with Gasteiger partial charge in [0.15, 0.2) is 11.5 Å². The van der Waals surface area contributed by atoms with Crippen LogP contribution in [0.4, 0.5) is 5.69 Å². The minimum atomic E-state index is -0.0600. The standard InChI is InChI=1S/C20H28N4O4/c1-27-17-8-5-15(12-18(17)28-2)21-16-4-3-11-24(13-16)20(26)10-7-14-6-9-19(25)23-22-14/h5,8,12,16,21H,3-4,6-7,9-11,13H2,1-2H3,(H,23,25)/t16-/m0/s1. The van der Waals surface area contributed by atoms with E-state index in [2.05, 4.69) is 15.8 Å². The average molecular weight is 388 g/mol. The van der Waals surface area contributed by atoms with E-state index in [0.717, 1.165) is 30.8 Å². The fourth-order valence-electron chi connectivity index (χ4n) is 3.58. The predicted octanol–water partition coefficient (Wildman–Crippen LogP) is 2.15. The highest BCUT2D eigenvalue weighted by molar-refractivity contribution is 5.94. The average Bonchev–Trinajstić information content (AvgIpc) is 2.73. The summed E-state index contributed by atoms with van der Waals surface area (Å²) in [5, 5.41) is 7.54. The molecule has 2 N–H and O–H groups in total. The summed E-state index contributed by atoms with van der Waals surface area (Å²) in [4.78, 5) is 25.7. The molecule has 1 saturated heterocycles. The zero-order valence-electron chi connectivity index (χ0n) is 16.5. The molecular weight excluding hydrogens is 360 g/mol. The summed E-state index contributed by atoms with van der Waals surface area (Å²) >= 11 is 0. The van der Waals surface area contributed by atoms with Crippen LogP contribution in [-0.2, 0) is 9.59 Å². The van der Waals surface area contributed by atoms with Crippen LogP contribution in [-0.4, -0.2) is 55.8 Å². The Kier molecular flexibility index (Phi) is 6.73. The number of likely N-dealkylation sites (tertiary alicyclic amines) is 1. The fraction of sp³-hybridized carbons (Fsp3) is 0.550. The van der Waals surface area contributed by atoms with Crippen molar-refractivity contribution in [2.24, 2.45) is 5.10 Å². The predicted molar refractivity (Wildman–Crippen MR) is 107 cm³/mol. The molecule has 0 aliphatic carbocycles. The SMILES string of the molecule is COc1ccc(N[C@H]2CCCN(C(=O)CCC3=NNC(=O)CC3)C2)cc1OC. The molecule has 8 heteroatoms. The second-order valence-corrected chi connectivity index (χ2v) is 7.11. The Bertz CT molecular complexity index is 750. The molecular formula is C20H28N4O4. The summed E-state index contributed by atoms with van der Waals surface area (Å²) in [6, 6.07) is 5.94. The van der Waals surface area contributed by atoms with Crippen molar-refractivity contribution >= 4 is 23.2 Å². The number of piperidine rings is 1. The third kappa shape index (κ3) is 5.15. The summed E-state index contributed by atoms with van der Waals surface area (Å²) in [7, 11) is 3.23. The third-order valence-corrected chi connectivity index (χ3v) is 5.14. The van der Waals surface area contributed by atoms with Crippen molar-refractivity contribution in [2.45, 2.75) is 44.6 Å². The number of carbonyl (C=O) groups excluding carboxylic acids is 2. The zero-order chi connectivity index (χ0) is 19.9. The van der Waals surface area contributed by atoms with Crippen LogP contribution in [0.1, 0.15) is 38.5 Å². The number of rotatable bonds is 7. The van der Waals surface area contributed by atoms with Crippen LogP contribution in [0.2, 0.25) is 0 Å². The maximum Gasteiger partial charge on any atom is 0.240 e. The van der Waals surface area contributed by atoms with Crippen molar-refractivity contribution in [1.82, 2.24) is 10.3 Å². The maximum absolute atomic E-state index is 12.6. The Morgan fingerprint density at radius 1 is 1.29 bits per heavy atom. The fourth-order valence-corrected chi connectivity index (χ4v) is 3.58. The number of methoxy groups -OCH3 is 2. The van der Waals surface area contributed by atoms with E-state index in [9.17, 15) is 9.59 Å². The zero-order valence-corrected chi connectivity index (χ0v) is 16.5. The molecule has 2 amide bonds. The second-order valence-electron chi connectivity index (χ2n) is 7.11. The molecule has 0 aromatic heterocycles. The van der Waals surface area contributed by atoms with Gasteiger partial charge in [0, 0.05) is 49.4 Å². The molecule has 28 heavy (non-hydrogen) atoms. The number of nitrogens with one attached hydrogen (secondary N) is 2. The number of amides is 2. The quantitative estimate of drug-likeness (QED) is 0.747. The summed E-state index contributed by atoms with van der Waals surface area (Å²) in [5.41, 5.74) is 4.32. The summed E-state index contributed by atoms with van der Waals surface area (Å²) in [6.45, 7) is 1.46. The molecule has 2 aliphatic rings. The summed E-state index contributed by atoms with van der Waals surface area (Å²) in [6.07, 6.45) is 4.10. The Labute approximate surface area is 165 Å². The number of hydrogen-bond acceptors (Lipinski definition) is 6. The smallest absolute Gasteiger partial charge is 0.240 e. The Hall–Kier alpha value is -2.77. The molecule has 152 valence electrons. The Balaban J connectivity index is 1.52. The number of hydrazone groups is 1. The molecule has 1 atom stereocenters. The van der Waals surface area contributed by atoms with Gasteiger partial charge >= 0.3 is 0 Å². The molecule has 3 rings (SSSR count). The van der Waals surface area contributed by atoms with Crippen molar-refractivity contribution in [3.05, 3.63) is 18.2 Å². The molecule has 1 aromatic carbocycles. The van der Waals surface area contributed by atoms with Crippen molar-refractivity contribution in [3.8, 4) is 11.5 Å². The molecule has 8 nitrogen and oxygen atoms in total. The molecule has 2 heterocycles. The van der Waals surface area contributed by atoms with Crippen LogP contribution >= 0.6 is 0 Å². The second kappa shape index (κ2) is 9.43. The number of carbonyl (C=O) groups is 2. The molecule has 1 aromatic rings. The van der Waals surface area contributed by atoms with E-state index in [1.807, 2.05) is 23.1 Å². The third-order valence-electron chi connectivity index (χ3n) is 5.14. The van der Waals surface area contributed by atoms with Crippen molar-refractivity contribution in [2.75, 3.05) is 32.6 Å². The lowest BCUT2D eigenvalue weighted by molar-refractivity contribution is -0.132. The monoisotopic (exact) mass is 388 g/mol. The number of hydrogen-bond donors (Lipinski definition) is 2. The maximum atomic E-state index is 12.6. The lowest BCUT2D eigenvalue weighted by Crippen LogP contribution is -2.45. The molecule has 2 aliphatic heterocycles. The van der Waals surface area contributed by atoms with Crippen LogP contribution in [0.15, 0.2) is 23.3 Å². The van der Waals surface area contributed by atoms with Crippen molar-refractivity contribution < 1.29 is 19.1 Å². The molecule has 1 fully saturated rings. The molecule has 0 unspecified atom stereocenters.